The van der Waals surface area contributed by atoms with Crippen molar-refractivity contribution in [1.29, 1.82) is 0 Å². The Balaban J connectivity index is 1.88. The highest BCUT2D eigenvalue weighted by Gasteiger charge is 2.08. The van der Waals surface area contributed by atoms with Gasteiger partial charge in [-0.15, -0.1) is 0 Å². The highest BCUT2D eigenvalue weighted by molar-refractivity contribution is 5.95. The SMILES string of the molecule is CCOC(=O)Nc1ccc(C(=O)NCCc2cc(C)ccc2OC)cc1. The fourth-order valence-electron chi connectivity index (χ4n) is 2.51. The summed E-state index contributed by atoms with van der Waals surface area (Å²) in [4.78, 5) is 23.6. The normalized spacial score (nSPS) is 10.1. The van der Waals surface area contributed by atoms with Crippen molar-refractivity contribution in [3.63, 3.8) is 0 Å². The number of carbonyl (C=O) groups is 2. The van der Waals surface area contributed by atoms with Crippen LogP contribution in [-0.4, -0.2) is 32.3 Å². The highest BCUT2D eigenvalue weighted by Crippen LogP contribution is 2.19. The molecule has 6 heteroatoms. The van der Waals surface area contributed by atoms with Crippen LogP contribution in [0.3, 0.4) is 0 Å². The topological polar surface area (TPSA) is 76.7 Å². The second-order valence-electron chi connectivity index (χ2n) is 5.74. The average molecular weight is 356 g/mol. The van der Waals surface area contributed by atoms with Gasteiger partial charge in [0.15, 0.2) is 0 Å². The Morgan fingerprint density at radius 2 is 1.81 bits per heavy atom. The molecule has 0 heterocycles. The molecule has 2 aromatic rings. The maximum atomic E-state index is 12.2. The number of hydrogen-bond donors (Lipinski definition) is 2. The number of anilines is 1. The monoisotopic (exact) mass is 356 g/mol. The summed E-state index contributed by atoms with van der Waals surface area (Å²) in [5.41, 5.74) is 3.30. The third-order valence-corrected chi connectivity index (χ3v) is 3.78. The van der Waals surface area contributed by atoms with E-state index in [-0.39, 0.29) is 5.91 Å². The van der Waals surface area contributed by atoms with Crippen LogP contribution in [-0.2, 0) is 11.2 Å². The fourth-order valence-corrected chi connectivity index (χ4v) is 2.51. The predicted octanol–water partition coefficient (Wildman–Crippen LogP) is 3.54. The second-order valence-corrected chi connectivity index (χ2v) is 5.74. The number of ether oxygens (including phenoxy) is 2. The molecule has 0 spiro atoms. The zero-order valence-electron chi connectivity index (χ0n) is 15.3. The zero-order valence-corrected chi connectivity index (χ0v) is 15.3. The first kappa shape index (κ1) is 19.3. The van der Waals surface area contributed by atoms with Crippen LogP contribution in [0.2, 0.25) is 0 Å². The Labute approximate surface area is 153 Å². The van der Waals surface area contributed by atoms with Crippen LogP contribution >= 0.6 is 0 Å². The maximum absolute atomic E-state index is 12.2. The van der Waals surface area contributed by atoms with E-state index in [0.717, 1.165) is 16.9 Å². The lowest BCUT2D eigenvalue weighted by Crippen LogP contribution is -2.25. The van der Waals surface area contributed by atoms with Crippen LogP contribution in [0, 0.1) is 6.92 Å². The van der Waals surface area contributed by atoms with Gasteiger partial charge in [-0.2, -0.15) is 0 Å². The van der Waals surface area contributed by atoms with Crippen molar-refractivity contribution in [3.05, 3.63) is 59.2 Å². The van der Waals surface area contributed by atoms with Gasteiger partial charge in [0.05, 0.1) is 13.7 Å². The molecular formula is C20H24N2O4. The Bertz CT molecular complexity index is 757. The van der Waals surface area contributed by atoms with Crippen LogP contribution in [0.5, 0.6) is 5.75 Å². The predicted molar refractivity (Wildman–Crippen MR) is 101 cm³/mol. The van der Waals surface area contributed by atoms with E-state index >= 15 is 0 Å². The maximum Gasteiger partial charge on any atom is 0.411 e. The minimum atomic E-state index is -0.517. The van der Waals surface area contributed by atoms with E-state index in [4.69, 9.17) is 9.47 Å². The summed E-state index contributed by atoms with van der Waals surface area (Å²) >= 11 is 0. The summed E-state index contributed by atoms with van der Waals surface area (Å²) in [7, 11) is 1.64. The number of aryl methyl sites for hydroxylation is 1. The van der Waals surface area contributed by atoms with Crippen molar-refractivity contribution in [3.8, 4) is 5.75 Å². The van der Waals surface area contributed by atoms with Crippen molar-refractivity contribution < 1.29 is 19.1 Å². The molecule has 0 aliphatic rings. The summed E-state index contributed by atoms with van der Waals surface area (Å²) in [6.07, 6.45) is 0.163. The van der Waals surface area contributed by atoms with Crippen LogP contribution < -0.4 is 15.4 Å². The van der Waals surface area contributed by atoms with E-state index in [9.17, 15) is 9.59 Å². The lowest BCUT2D eigenvalue weighted by atomic mass is 10.1. The van der Waals surface area contributed by atoms with Gasteiger partial charge in [-0.3, -0.25) is 10.1 Å². The Morgan fingerprint density at radius 1 is 1.08 bits per heavy atom. The van der Waals surface area contributed by atoms with Crippen LogP contribution in [0.25, 0.3) is 0 Å². The van der Waals surface area contributed by atoms with Gasteiger partial charge in [-0.05, 0) is 56.2 Å². The van der Waals surface area contributed by atoms with Crippen molar-refractivity contribution >= 4 is 17.7 Å². The second kappa shape index (κ2) is 9.46. The Morgan fingerprint density at radius 3 is 2.46 bits per heavy atom. The van der Waals surface area contributed by atoms with Gasteiger partial charge >= 0.3 is 6.09 Å². The minimum absolute atomic E-state index is 0.167. The lowest BCUT2D eigenvalue weighted by molar-refractivity contribution is 0.0954. The molecular weight excluding hydrogens is 332 g/mol. The van der Waals surface area contributed by atoms with Crippen LogP contribution in [0.4, 0.5) is 10.5 Å². The number of rotatable bonds is 7. The van der Waals surface area contributed by atoms with E-state index in [1.165, 1.54) is 0 Å². The van der Waals surface area contributed by atoms with E-state index in [1.807, 2.05) is 19.1 Å². The van der Waals surface area contributed by atoms with Gasteiger partial charge in [0, 0.05) is 17.8 Å². The van der Waals surface area contributed by atoms with E-state index in [1.54, 1.807) is 38.3 Å². The molecule has 0 saturated heterocycles. The molecule has 0 aromatic heterocycles. The number of carbonyl (C=O) groups excluding carboxylic acids is 2. The summed E-state index contributed by atoms with van der Waals surface area (Å²) < 4.78 is 10.2. The molecule has 2 aromatic carbocycles. The number of amides is 2. The van der Waals surface area contributed by atoms with Crippen molar-refractivity contribution in [2.75, 3.05) is 25.6 Å². The first-order valence-electron chi connectivity index (χ1n) is 8.49. The molecule has 2 N–H and O–H groups in total. The average Bonchev–Trinajstić information content (AvgIpc) is 2.62. The fraction of sp³-hybridized carbons (Fsp3) is 0.300. The summed E-state index contributed by atoms with van der Waals surface area (Å²) in [5.74, 6) is 0.651. The molecule has 0 atom stereocenters. The molecule has 0 radical (unpaired) electrons. The number of nitrogens with one attached hydrogen (secondary N) is 2. The molecule has 2 amide bonds. The van der Waals surface area contributed by atoms with Crippen molar-refractivity contribution in [2.24, 2.45) is 0 Å². The number of methoxy groups -OCH3 is 1. The Hall–Kier alpha value is -3.02. The molecule has 2 rings (SSSR count). The smallest absolute Gasteiger partial charge is 0.411 e. The largest absolute Gasteiger partial charge is 0.496 e. The van der Waals surface area contributed by atoms with Gasteiger partial charge in [0.2, 0.25) is 0 Å². The van der Waals surface area contributed by atoms with Crippen molar-refractivity contribution in [1.82, 2.24) is 5.32 Å². The summed E-state index contributed by atoms with van der Waals surface area (Å²) in [5, 5.41) is 5.48. The van der Waals surface area contributed by atoms with Gasteiger partial charge < -0.3 is 14.8 Å². The van der Waals surface area contributed by atoms with Crippen LogP contribution in [0.1, 0.15) is 28.4 Å². The van der Waals surface area contributed by atoms with E-state index < -0.39 is 6.09 Å². The van der Waals surface area contributed by atoms with Gasteiger partial charge in [0.1, 0.15) is 5.75 Å². The van der Waals surface area contributed by atoms with Crippen LogP contribution in [0.15, 0.2) is 42.5 Å². The molecule has 0 bridgehead atoms. The minimum Gasteiger partial charge on any atom is -0.496 e. The molecule has 26 heavy (non-hydrogen) atoms. The first-order chi connectivity index (χ1) is 12.5. The summed E-state index contributed by atoms with van der Waals surface area (Å²) in [6, 6.07) is 12.6. The van der Waals surface area contributed by atoms with Gasteiger partial charge in [-0.25, -0.2) is 4.79 Å². The first-order valence-corrected chi connectivity index (χ1v) is 8.49. The quantitative estimate of drug-likeness (QED) is 0.795. The van der Waals surface area contributed by atoms with Gasteiger partial charge in [0.25, 0.3) is 5.91 Å². The number of benzene rings is 2. The molecule has 138 valence electrons. The molecule has 0 unspecified atom stereocenters. The molecule has 0 aliphatic heterocycles. The third-order valence-electron chi connectivity index (χ3n) is 3.78. The molecule has 0 fully saturated rings. The van der Waals surface area contributed by atoms with Crippen molar-refractivity contribution in [2.45, 2.75) is 20.3 Å². The zero-order chi connectivity index (χ0) is 18.9. The Kier molecular flexibility index (Phi) is 7.02. The van der Waals surface area contributed by atoms with E-state index in [2.05, 4.69) is 16.7 Å². The highest BCUT2D eigenvalue weighted by atomic mass is 16.5. The summed E-state index contributed by atoms with van der Waals surface area (Å²) in [6.45, 7) is 4.56. The lowest BCUT2D eigenvalue weighted by Gasteiger charge is -2.11. The van der Waals surface area contributed by atoms with Gasteiger partial charge in [-0.1, -0.05) is 17.7 Å². The standard InChI is InChI=1S/C20H24N2O4/c1-4-26-20(24)22-17-8-6-15(7-9-17)19(23)21-12-11-16-13-14(2)5-10-18(16)25-3/h5-10,13H,4,11-12H2,1-3H3,(H,21,23)(H,22,24). The molecule has 0 aliphatic carbocycles. The molecule has 0 saturated carbocycles. The molecule has 6 nitrogen and oxygen atoms in total. The third kappa shape index (κ3) is 5.51. The number of hydrogen-bond acceptors (Lipinski definition) is 4. The van der Waals surface area contributed by atoms with E-state index in [0.29, 0.717) is 30.8 Å².